The first kappa shape index (κ1) is 12.3. The molecule has 0 saturated heterocycles. The Morgan fingerprint density at radius 3 is 3.00 bits per heavy atom. The van der Waals surface area contributed by atoms with Crippen molar-refractivity contribution in [3.05, 3.63) is 36.0 Å². The van der Waals surface area contributed by atoms with E-state index in [0.717, 1.165) is 18.6 Å². The van der Waals surface area contributed by atoms with Crippen LogP contribution >= 0.6 is 0 Å². The first-order chi connectivity index (χ1) is 8.16. The van der Waals surface area contributed by atoms with E-state index in [-0.39, 0.29) is 5.25 Å². The van der Waals surface area contributed by atoms with Gasteiger partial charge in [0.25, 0.3) is 0 Å². The van der Waals surface area contributed by atoms with Crippen molar-refractivity contribution in [2.45, 2.75) is 18.7 Å². The number of aromatic nitrogens is 1. The molecular weight excluding hydrogens is 232 g/mol. The lowest BCUT2D eigenvalue weighted by Crippen LogP contribution is -2.27. The van der Waals surface area contributed by atoms with Crippen molar-refractivity contribution in [2.24, 2.45) is 0 Å². The first-order valence-electron chi connectivity index (χ1n) is 5.76. The summed E-state index contributed by atoms with van der Waals surface area (Å²) in [4.78, 5) is 3.20. The third-order valence-electron chi connectivity index (χ3n) is 2.95. The van der Waals surface area contributed by atoms with Crippen molar-refractivity contribution in [2.75, 3.05) is 12.8 Å². The molecule has 4 heteroatoms. The molecule has 0 aliphatic rings. The van der Waals surface area contributed by atoms with Gasteiger partial charge in [0.15, 0.2) is 0 Å². The minimum absolute atomic E-state index is 0.198. The average molecular weight is 250 g/mol. The second-order valence-electron chi connectivity index (χ2n) is 4.34. The smallest absolute Gasteiger partial charge is 0.0457 e. The lowest BCUT2D eigenvalue weighted by Gasteiger charge is -2.09. The van der Waals surface area contributed by atoms with E-state index in [1.165, 1.54) is 10.9 Å². The molecule has 0 radical (unpaired) electrons. The van der Waals surface area contributed by atoms with Crippen LogP contribution in [-0.2, 0) is 17.3 Å². The monoisotopic (exact) mass is 250 g/mol. The van der Waals surface area contributed by atoms with Crippen LogP contribution in [0.5, 0.6) is 0 Å². The van der Waals surface area contributed by atoms with E-state index in [0.29, 0.717) is 0 Å². The standard InChI is InChI=1S/C13H18N2OS/c1-10(17(2)16)8-14-9-11-3-4-12-5-6-15-13(12)7-11/h3-7,10,14-15H,8-9H2,1-2H3. The Morgan fingerprint density at radius 1 is 1.41 bits per heavy atom. The van der Waals surface area contributed by atoms with Crippen molar-refractivity contribution < 1.29 is 4.21 Å². The second-order valence-corrected chi connectivity index (χ2v) is 6.14. The van der Waals surface area contributed by atoms with E-state index in [1.807, 2.05) is 13.1 Å². The van der Waals surface area contributed by atoms with Crippen molar-refractivity contribution in [1.29, 1.82) is 0 Å². The highest BCUT2D eigenvalue weighted by atomic mass is 32.2. The Labute approximate surface area is 104 Å². The molecule has 2 rings (SSSR count). The zero-order valence-corrected chi connectivity index (χ0v) is 11.0. The molecule has 1 heterocycles. The Hall–Kier alpha value is -1.13. The molecule has 3 nitrogen and oxygen atoms in total. The van der Waals surface area contributed by atoms with Gasteiger partial charge in [-0.3, -0.25) is 4.21 Å². The summed E-state index contributed by atoms with van der Waals surface area (Å²) in [7, 11) is -0.753. The maximum absolute atomic E-state index is 11.2. The Morgan fingerprint density at radius 2 is 2.24 bits per heavy atom. The van der Waals surface area contributed by atoms with Crippen LogP contribution in [0.4, 0.5) is 0 Å². The fraction of sp³-hybridized carbons (Fsp3) is 0.385. The molecule has 0 spiro atoms. The summed E-state index contributed by atoms with van der Waals surface area (Å²) in [5, 5.41) is 4.76. The maximum Gasteiger partial charge on any atom is 0.0457 e. The average Bonchev–Trinajstić information content (AvgIpc) is 2.75. The van der Waals surface area contributed by atoms with Gasteiger partial charge in [-0.25, -0.2) is 0 Å². The zero-order valence-electron chi connectivity index (χ0n) is 10.2. The summed E-state index contributed by atoms with van der Waals surface area (Å²) in [6.07, 6.45) is 3.70. The number of nitrogens with one attached hydrogen (secondary N) is 2. The summed E-state index contributed by atoms with van der Waals surface area (Å²) in [5.74, 6) is 0. The summed E-state index contributed by atoms with van der Waals surface area (Å²) >= 11 is 0. The quantitative estimate of drug-likeness (QED) is 0.853. The highest BCUT2D eigenvalue weighted by Crippen LogP contribution is 2.13. The predicted octanol–water partition coefficient (Wildman–Crippen LogP) is 2.02. The number of benzene rings is 1. The summed E-state index contributed by atoms with van der Waals surface area (Å²) in [6.45, 7) is 3.60. The lowest BCUT2D eigenvalue weighted by molar-refractivity contribution is 0.647. The molecule has 17 heavy (non-hydrogen) atoms. The number of hydrogen-bond acceptors (Lipinski definition) is 2. The maximum atomic E-state index is 11.2. The van der Waals surface area contributed by atoms with E-state index in [1.54, 1.807) is 6.26 Å². The van der Waals surface area contributed by atoms with E-state index in [4.69, 9.17) is 0 Å². The molecule has 0 bridgehead atoms. The van der Waals surface area contributed by atoms with Gasteiger partial charge in [0.2, 0.25) is 0 Å². The molecule has 0 aliphatic heterocycles. The highest BCUT2D eigenvalue weighted by molar-refractivity contribution is 7.84. The fourth-order valence-corrected chi connectivity index (χ4v) is 2.09. The zero-order chi connectivity index (χ0) is 12.3. The van der Waals surface area contributed by atoms with Crippen LogP contribution in [-0.4, -0.2) is 27.2 Å². The topological polar surface area (TPSA) is 44.9 Å². The van der Waals surface area contributed by atoms with Crippen molar-refractivity contribution in [3.8, 4) is 0 Å². The molecule has 2 atom stereocenters. The van der Waals surface area contributed by atoms with E-state index >= 15 is 0 Å². The second kappa shape index (κ2) is 5.47. The molecule has 0 aliphatic carbocycles. The minimum atomic E-state index is -0.753. The molecule has 2 aromatic rings. The predicted molar refractivity (Wildman–Crippen MR) is 73.5 cm³/mol. The van der Waals surface area contributed by atoms with Gasteiger partial charge in [0, 0.05) is 47.1 Å². The van der Waals surface area contributed by atoms with Crippen LogP contribution < -0.4 is 5.32 Å². The Balaban J connectivity index is 1.92. The van der Waals surface area contributed by atoms with Crippen molar-refractivity contribution in [3.63, 3.8) is 0 Å². The van der Waals surface area contributed by atoms with Crippen LogP contribution in [0, 0.1) is 0 Å². The van der Waals surface area contributed by atoms with Crippen LogP contribution in [0.3, 0.4) is 0 Å². The Bertz CT molecular complexity index is 521. The number of hydrogen-bond donors (Lipinski definition) is 2. The van der Waals surface area contributed by atoms with Gasteiger partial charge >= 0.3 is 0 Å². The molecule has 2 unspecified atom stereocenters. The third-order valence-corrected chi connectivity index (χ3v) is 4.25. The van der Waals surface area contributed by atoms with Crippen molar-refractivity contribution in [1.82, 2.24) is 10.3 Å². The first-order valence-corrected chi connectivity index (χ1v) is 7.38. The SMILES string of the molecule is CC(CNCc1ccc2cc[nH]c2c1)S(C)=O. The van der Waals surface area contributed by atoms with Crippen LogP contribution in [0.1, 0.15) is 12.5 Å². The summed E-state index contributed by atoms with van der Waals surface area (Å²) in [5.41, 5.74) is 2.41. The minimum Gasteiger partial charge on any atom is -0.361 e. The highest BCUT2D eigenvalue weighted by Gasteiger charge is 2.05. The Kier molecular flexibility index (Phi) is 3.97. The number of aromatic amines is 1. The van der Waals surface area contributed by atoms with Gasteiger partial charge in [-0.2, -0.15) is 0 Å². The van der Waals surface area contributed by atoms with E-state index in [9.17, 15) is 4.21 Å². The molecule has 2 N–H and O–H groups in total. The summed E-state index contributed by atoms with van der Waals surface area (Å²) < 4.78 is 11.2. The fourth-order valence-electron chi connectivity index (χ4n) is 1.74. The van der Waals surface area contributed by atoms with Gasteiger partial charge in [0.05, 0.1) is 0 Å². The number of H-pyrrole nitrogens is 1. The molecule has 0 fully saturated rings. The van der Waals surface area contributed by atoms with Crippen LogP contribution in [0.25, 0.3) is 10.9 Å². The van der Waals surface area contributed by atoms with E-state index in [2.05, 4.69) is 34.6 Å². The van der Waals surface area contributed by atoms with Gasteiger partial charge < -0.3 is 10.3 Å². The normalized spacial score (nSPS) is 14.9. The van der Waals surface area contributed by atoms with Gasteiger partial charge in [-0.1, -0.05) is 12.1 Å². The van der Waals surface area contributed by atoms with E-state index < -0.39 is 10.8 Å². The molecule has 1 aromatic carbocycles. The third kappa shape index (κ3) is 3.17. The lowest BCUT2D eigenvalue weighted by atomic mass is 10.1. The molecule has 92 valence electrons. The summed E-state index contributed by atoms with van der Waals surface area (Å²) in [6, 6.07) is 8.45. The van der Waals surface area contributed by atoms with Gasteiger partial charge in [-0.05, 0) is 30.0 Å². The van der Waals surface area contributed by atoms with Gasteiger partial charge in [0.1, 0.15) is 0 Å². The van der Waals surface area contributed by atoms with Crippen LogP contribution in [0.2, 0.25) is 0 Å². The molecule has 1 aromatic heterocycles. The van der Waals surface area contributed by atoms with Crippen molar-refractivity contribution >= 4 is 21.7 Å². The number of rotatable bonds is 5. The molecular formula is C13H18N2OS. The molecule has 0 saturated carbocycles. The van der Waals surface area contributed by atoms with Gasteiger partial charge in [-0.15, -0.1) is 0 Å². The number of fused-ring (bicyclic) bond motifs is 1. The van der Waals surface area contributed by atoms with Crippen LogP contribution in [0.15, 0.2) is 30.5 Å². The molecule has 0 amide bonds. The largest absolute Gasteiger partial charge is 0.361 e.